The van der Waals surface area contributed by atoms with Crippen LogP contribution >= 0.6 is 0 Å². The van der Waals surface area contributed by atoms with Crippen molar-refractivity contribution in [2.75, 3.05) is 7.11 Å². The zero-order valence-corrected chi connectivity index (χ0v) is 21.7. The van der Waals surface area contributed by atoms with E-state index >= 15 is 0 Å². The van der Waals surface area contributed by atoms with E-state index in [1.165, 1.54) is 66.4 Å². The number of methoxy groups -OCH3 is 1. The molecule has 8 rings (SSSR count). The Labute approximate surface area is 228 Å². The Bertz CT molecular complexity index is 1930. The average molecular weight is 499 g/mol. The third-order valence-corrected chi connectivity index (χ3v) is 8.58. The summed E-state index contributed by atoms with van der Waals surface area (Å²) >= 11 is 0. The fraction of sp³-hybridized carbons (Fsp3) is 0.0526. The highest BCUT2D eigenvalue weighted by Crippen LogP contribution is 2.66. The van der Waals surface area contributed by atoms with E-state index in [4.69, 9.17) is 4.74 Å². The largest absolute Gasteiger partial charge is 0.497 e. The zero-order chi connectivity index (χ0) is 26.0. The molecule has 6 aromatic carbocycles. The van der Waals surface area contributed by atoms with E-state index < -0.39 is 5.41 Å². The molecule has 1 unspecified atom stereocenters. The SMILES string of the molecule is COc1ccc2c(c1)C(c1ccccc1)=C(c1ccccc1)C21c2ccccc2-c2c1ccc1ccccc21. The molecule has 2 aliphatic rings. The molecule has 39 heavy (non-hydrogen) atoms. The van der Waals surface area contributed by atoms with Crippen LogP contribution in [-0.2, 0) is 5.41 Å². The number of ether oxygens (including phenoxy) is 1. The van der Waals surface area contributed by atoms with Crippen LogP contribution in [0.1, 0.15) is 33.4 Å². The lowest BCUT2D eigenvalue weighted by Gasteiger charge is -2.33. The number of hydrogen-bond donors (Lipinski definition) is 0. The molecule has 184 valence electrons. The first-order valence-electron chi connectivity index (χ1n) is 13.5. The molecule has 0 heterocycles. The summed E-state index contributed by atoms with van der Waals surface area (Å²) in [6.45, 7) is 0. The van der Waals surface area contributed by atoms with Crippen LogP contribution in [0.25, 0.3) is 33.0 Å². The fourth-order valence-corrected chi connectivity index (χ4v) is 7.12. The van der Waals surface area contributed by atoms with E-state index in [0.717, 1.165) is 5.75 Å². The third-order valence-electron chi connectivity index (χ3n) is 8.58. The van der Waals surface area contributed by atoms with Crippen molar-refractivity contribution in [1.82, 2.24) is 0 Å². The van der Waals surface area contributed by atoms with Crippen LogP contribution in [0, 0.1) is 0 Å². The van der Waals surface area contributed by atoms with Crippen molar-refractivity contribution in [3.63, 3.8) is 0 Å². The first-order valence-corrected chi connectivity index (χ1v) is 13.5. The van der Waals surface area contributed by atoms with Crippen molar-refractivity contribution in [2.45, 2.75) is 5.41 Å². The van der Waals surface area contributed by atoms with Gasteiger partial charge in [-0.2, -0.15) is 0 Å². The Morgan fingerprint density at radius 2 is 1.15 bits per heavy atom. The van der Waals surface area contributed by atoms with Crippen molar-refractivity contribution in [3.8, 4) is 16.9 Å². The van der Waals surface area contributed by atoms with E-state index in [2.05, 4.69) is 140 Å². The van der Waals surface area contributed by atoms with Gasteiger partial charge in [-0.25, -0.2) is 0 Å². The molecule has 0 amide bonds. The second kappa shape index (κ2) is 8.31. The van der Waals surface area contributed by atoms with E-state index in [0.29, 0.717) is 0 Å². The highest BCUT2D eigenvalue weighted by atomic mass is 16.5. The second-order valence-corrected chi connectivity index (χ2v) is 10.4. The minimum Gasteiger partial charge on any atom is -0.497 e. The normalized spacial score (nSPS) is 16.8. The molecule has 0 aromatic heterocycles. The number of rotatable bonds is 3. The molecule has 0 fully saturated rings. The quantitative estimate of drug-likeness (QED) is 0.236. The highest BCUT2D eigenvalue weighted by molar-refractivity contribution is 6.16. The van der Waals surface area contributed by atoms with Gasteiger partial charge in [0, 0.05) is 0 Å². The minimum atomic E-state index is -0.454. The molecule has 0 saturated carbocycles. The molecular weight excluding hydrogens is 472 g/mol. The summed E-state index contributed by atoms with van der Waals surface area (Å²) in [7, 11) is 1.75. The molecule has 1 spiro atoms. The maximum atomic E-state index is 5.79. The van der Waals surface area contributed by atoms with Crippen molar-refractivity contribution in [3.05, 3.63) is 173 Å². The Kier molecular flexibility index (Phi) is 4.72. The first kappa shape index (κ1) is 22.1. The van der Waals surface area contributed by atoms with E-state index in [1.807, 2.05) is 0 Å². The lowest BCUT2D eigenvalue weighted by Crippen LogP contribution is -2.26. The molecule has 0 N–H and O–H groups in total. The molecule has 0 saturated heterocycles. The Morgan fingerprint density at radius 3 is 1.95 bits per heavy atom. The highest BCUT2D eigenvalue weighted by Gasteiger charge is 2.53. The lowest BCUT2D eigenvalue weighted by atomic mass is 9.67. The summed E-state index contributed by atoms with van der Waals surface area (Å²) in [5.74, 6) is 0.872. The number of benzene rings is 6. The van der Waals surface area contributed by atoms with Crippen LogP contribution in [0.5, 0.6) is 5.75 Å². The van der Waals surface area contributed by atoms with Crippen molar-refractivity contribution < 1.29 is 4.74 Å². The molecule has 0 radical (unpaired) electrons. The van der Waals surface area contributed by atoms with Gasteiger partial charge in [0.05, 0.1) is 12.5 Å². The maximum Gasteiger partial charge on any atom is 0.119 e. The monoisotopic (exact) mass is 498 g/mol. The van der Waals surface area contributed by atoms with Gasteiger partial charge in [-0.05, 0) is 78.6 Å². The Balaban J connectivity index is 1.62. The van der Waals surface area contributed by atoms with Gasteiger partial charge in [0.25, 0.3) is 0 Å². The second-order valence-electron chi connectivity index (χ2n) is 10.4. The predicted octanol–water partition coefficient (Wildman–Crippen LogP) is 9.14. The zero-order valence-electron chi connectivity index (χ0n) is 21.7. The standard InChI is InChI=1S/C38H26O/c1-39-28-21-23-33-31(24-28)35(26-13-4-2-5-14-26)37(27-15-6-3-7-16-27)38(33)32-19-11-10-18-30(32)36-29-17-9-8-12-25(29)20-22-34(36)38/h2-24H,1H3. The fourth-order valence-electron chi connectivity index (χ4n) is 7.12. The van der Waals surface area contributed by atoms with Gasteiger partial charge in [-0.1, -0.05) is 127 Å². The average Bonchev–Trinajstić information content (AvgIpc) is 3.48. The molecule has 0 bridgehead atoms. The van der Waals surface area contributed by atoms with E-state index in [1.54, 1.807) is 7.11 Å². The maximum absolute atomic E-state index is 5.79. The van der Waals surface area contributed by atoms with Crippen LogP contribution in [-0.4, -0.2) is 7.11 Å². The first-order chi connectivity index (χ1) is 19.3. The predicted molar refractivity (Wildman–Crippen MR) is 161 cm³/mol. The van der Waals surface area contributed by atoms with Gasteiger partial charge in [0.15, 0.2) is 0 Å². The molecule has 0 aliphatic heterocycles. The van der Waals surface area contributed by atoms with Crippen LogP contribution in [0.15, 0.2) is 140 Å². The Morgan fingerprint density at radius 1 is 0.513 bits per heavy atom. The molecule has 2 aliphatic carbocycles. The van der Waals surface area contributed by atoms with Crippen LogP contribution < -0.4 is 4.74 Å². The van der Waals surface area contributed by atoms with Crippen LogP contribution in [0.3, 0.4) is 0 Å². The summed E-state index contributed by atoms with van der Waals surface area (Å²) in [4.78, 5) is 0. The molecule has 6 aromatic rings. The number of fused-ring (bicyclic) bond motifs is 9. The molecule has 1 heteroatoms. The third kappa shape index (κ3) is 2.90. The summed E-state index contributed by atoms with van der Waals surface area (Å²) < 4.78 is 5.79. The lowest BCUT2D eigenvalue weighted by molar-refractivity contribution is 0.414. The van der Waals surface area contributed by atoms with Crippen LogP contribution in [0.2, 0.25) is 0 Å². The van der Waals surface area contributed by atoms with E-state index in [-0.39, 0.29) is 0 Å². The summed E-state index contributed by atoms with van der Waals surface area (Å²) in [5.41, 5.74) is 12.5. The van der Waals surface area contributed by atoms with Crippen molar-refractivity contribution >= 4 is 21.9 Å². The van der Waals surface area contributed by atoms with Gasteiger partial charge < -0.3 is 4.74 Å². The smallest absolute Gasteiger partial charge is 0.119 e. The van der Waals surface area contributed by atoms with Crippen molar-refractivity contribution in [1.29, 1.82) is 0 Å². The topological polar surface area (TPSA) is 9.23 Å². The van der Waals surface area contributed by atoms with Gasteiger partial charge in [-0.15, -0.1) is 0 Å². The number of allylic oxidation sites excluding steroid dienone is 1. The summed E-state index contributed by atoms with van der Waals surface area (Å²) in [6, 6.07) is 50.9. The summed E-state index contributed by atoms with van der Waals surface area (Å²) in [6.07, 6.45) is 0. The molecule has 1 nitrogen and oxygen atoms in total. The Hall–Kier alpha value is -4.88. The van der Waals surface area contributed by atoms with Crippen LogP contribution in [0.4, 0.5) is 0 Å². The van der Waals surface area contributed by atoms with E-state index in [9.17, 15) is 0 Å². The number of hydrogen-bond acceptors (Lipinski definition) is 1. The molecular formula is C38H26O. The molecule has 1 atom stereocenters. The van der Waals surface area contributed by atoms with Gasteiger partial charge in [0.1, 0.15) is 5.75 Å². The van der Waals surface area contributed by atoms with Gasteiger partial charge >= 0.3 is 0 Å². The summed E-state index contributed by atoms with van der Waals surface area (Å²) in [5, 5.41) is 2.57. The minimum absolute atomic E-state index is 0.454. The van der Waals surface area contributed by atoms with Gasteiger partial charge in [0.2, 0.25) is 0 Å². The van der Waals surface area contributed by atoms with Crippen molar-refractivity contribution in [2.24, 2.45) is 0 Å². The van der Waals surface area contributed by atoms with Gasteiger partial charge in [-0.3, -0.25) is 0 Å².